The molecule has 2 aromatic rings. The predicted octanol–water partition coefficient (Wildman–Crippen LogP) is 3.47. The Hall–Kier alpha value is -3.86. The van der Waals surface area contributed by atoms with E-state index in [4.69, 9.17) is 18.3 Å². The lowest BCUT2D eigenvalue weighted by Crippen LogP contribution is -2.61. The minimum Gasteiger partial charge on any atom is -0.468 e. The number of hydrogen-bond donors (Lipinski definition) is 0. The Kier molecular flexibility index (Phi) is 8.06. The van der Waals surface area contributed by atoms with E-state index in [9.17, 15) is 19.2 Å². The molecule has 3 aliphatic rings. The molecule has 2 fully saturated rings. The number of likely N-dealkylation sites (tertiary alicyclic amines) is 1. The van der Waals surface area contributed by atoms with Gasteiger partial charge in [-0.05, 0) is 49.1 Å². The third-order valence-electron chi connectivity index (χ3n) is 8.66. The highest BCUT2D eigenvalue weighted by molar-refractivity contribution is 5.93. The number of furan rings is 2. The summed E-state index contributed by atoms with van der Waals surface area (Å²) in [6.07, 6.45) is 3.88. The summed E-state index contributed by atoms with van der Waals surface area (Å²) in [5, 5.41) is 0. The van der Waals surface area contributed by atoms with Gasteiger partial charge in [-0.3, -0.25) is 19.2 Å². The molecule has 3 amide bonds. The summed E-state index contributed by atoms with van der Waals surface area (Å²) in [5.74, 6) is -1.16. The second-order valence-electron chi connectivity index (χ2n) is 12.3. The molecule has 0 saturated carbocycles. The van der Waals surface area contributed by atoms with Gasteiger partial charge in [0.1, 0.15) is 11.2 Å². The second kappa shape index (κ2) is 11.4. The Morgan fingerprint density at radius 3 is 2.29 bits per heavy atom. The minimum atomic E-state index is -1.28. The van der Waals surface area contributed by atoms with Crippen LogP contribution in [0, 0.1) is 16.7 Å². The van der Waals surface area contributed by atoms with Crippen molar-refractivity contribution in [1.29, 1.82) is 0 Å². The van der Waals surface area contributed by atoms with Crippen LogP contribution in [-0.2, 0) is 30.4 Å². The molecule has 0 spiro atoms. The van der Waals surface area contributed by atoms with Gasteiger partial charge in [0.05, 0.1) is 38.4 Å². The first-order valence-electron chi connectivity index (χ1n) is 14.4. The smallest absolute Gasteiger partial charge is 0.320 e. The molecule has 4 atom stereocenters. The normalized spacial score (nSPS) is 26.5. The molecule has 0 aromatic carbocycles. The first-order chi connectivity index (χ1) is 20.0. The van der Waals surface area contributed by atoms with E-state index < -0.39 is 23.4 Å². The van der Waals surface area contributed by atoms with Crippen LogP contribution in [0.1, 0.15) is 56.9 Å². The van der Waals surface area contributed by atoms with Gasteiger partial charge in [0.2, 0.25) is 11.8 Å². The zero-order valence-corrected chi connectivity index (χ0v) is 24.8. The maximum absolute atomic E-state index is 14.1. The second-order valence-corrected chi connectivity index (χ2v) is 12.3. The summed E-state index contributed by atoms with van der Waals surface area (Å²) < 4.78 is 22.6. The molecule has 3 aliphatic heterocycles. The van der Waals surface area contributed by atoms with Crippen LogP contribution in [0.5, 0.6) is 0 Å². The largest absolute Gasteiger partial charge is 0.468 e. The van der Waals surface area contributed by atoms with Crippen molar-refractivity contribution in [2.24, 2.45) is 16.7 Å². The number of rotatable bonds is 6. The molecule has 2 aromatic heterocycles. The van der Waals surface area contributed by atoms with E-state index in [0.717, 1.165) is 0 Å². The Morgan fingerprint density at radius 2 is 1.69 bits per heavy atom. The van der Waals surface area contributed by atoms with Gasteiger partial charge in [-0.25, -0.2) is 0 Å². The number of esters is 1. The highest BCUT2D eigenvalue weighted by Gasteiger charge is 2.60. The maximum atomic E-state index is 14.1. The van der Waals surface area contributed by atoms with Crippen LogP contribution in [0.25, 0.3) is 0 Å². The fourth-order valence-corrected chi connectivity index (χ4v) is 6.22. The van der Waals surface area contributed by atoms with Crippen LogP contribution >= 0.6 is 0 Å². The molecule has 0 radical (unpaired) electrons. The first-order valence-corrected chi connectivity index (χ1v) is 14.4. The van der Waals surface area contributed by atoms with E-state index in [0.29, 0.717) is 37.6 Å². The molecule has 5 rings (SSSR count). The minimum absolute atomic E-state index is 0.0823. The first kappa shape index (κ1) is 29.6. The number of carbonyl (C=O) groups excluding carboxylic acids is 4. The number of ether oxygens (including phenoxy) is 2. The van der Waals surface area contributed by atoms with Crippen LogP contribution in [-0.4, -0.2) is 83.9 Å². The summed E-state index contributed by atoms with van der Waals surface area (Å²) in [7, 11) is 1.33. The van der Waals surface area contributed by atoms with E-state index in [1.165, 1.54) is 19.6 Å². The monoisotopic (exact) mass is 581 g/mol. The number of hydrogen-bond acceptors (Lipinski definition) is 8. The zero-order chi connectivity index (χ0) is 30.2. The van der Waals surface area contributed by atoms with Crippen molar-refractivity contribution in [3.8, 4) is 0 Å². The molecule has 2 saturated heterocycles. The van der Waals surface area contributed by atoms with Gasteiger partial charge in [-0.2, -0.15) is 0 Å². The topological polar surface area (TPSA) is 123 Å². The fourth-order valence-electron chi connectivity index (χ4n) is 6.22. The average Bonchev–Trinajstić information content (AvgIpc) is 3.69. The Bertz CT molecular complexity index is 1330. The number of amides is 3. The number of nitrogens with zero attached hydrogens (tertiary/aromatic N) is 3. The number of piperazine rings is 1. The van der Waals surface area contributed by atoms with E-state index in [1.54, 1.807) is 39.0 Å². The molecule has 11 heteroatoms. The van der Waals surface area contributed by atoms with Crippen LogP contribution < -0.4 is 0 Å². The van der Waals surface area contributed by atoms with Crippen molar-refractivity contribution >= 4 is 23.7 Å². The third-order valence-corrected chi connectivity index (χ3v) is 8.66. The predicted molar refractivity (Wildman–Crippen MR) is 149 cm³/mol. The molecule has 226 valence electrons. The number of piperidine rings is 1. The van der Waals surface area contributed by atoms with E-state index in [2.05, 4.69) is 0 Å². The summed E-state index contributed by atoms with van der Waals surface area (Å²) in [5.41, 5.74) is -1.05. The van der Waals surface area contributed by atoms with E-state index >= 15 is 0 Å². The molecule has 0 N–H and O–H groups in total. The molecule has 0 bridgehead atoms. The van der Waals surface area contributed by atoms with Gasteiger partial charge >= 0.3 is 5.97 Å². The van der Waals surface area contributed by atoms with Crippen molar-refractivity contribution in [2.75, 3.05) is 33.3 Å². The number of carbonyl (C=O) groups is 4. The maximum Gasteiger partial charge on any atom is 0.320 e. The van der Waals surface area contributed by atoms with Gasteiger partial charge in [-0.15, -0.1) is 0 Å². The fraction of sp³-hybridized carbons (Fsp3) is 0.548. The zero-order valence-electron chi connectivity index (χ0n) is 24.8. The van der Waals surface area contributed by atoms with Crippen LogP contribution in [0.3, 0.4) is 0 Å². The van der Waals surface area contributed by atoms with Crippen LogP contribution in [0.2, 0.25) is 0 Å². The average molecular weight is 582 g/mol. The lowest BCUT2D eigenvalue weighted by atomic mass is 9.65. The van der Waals surface area contributed by atoms with Gasteiger partial charge in [-0.1, -0.05) is 20.8 Å². The van der Waals surface area contributed by atoms with Crippen molar-refractivity contribution < 1.29 is 37.5 Å². The summed E-state index contributed by atoms with van der Waals surface area (Å²) in [6.45, 7) is 9.44. The molecule has 5 heterocycles. The summed E-state index contributed by atoms with van der Waals surface area (Å²) in [6, 6.07) is 6.79. The van der Waals surface area contributed by atoms with Crippen molar-refractivity contribution in [3.05, 3.63) is 60.1 Å². The van der Waals surface area contributed by atoms with Gasteiger partial charge in [0.15, 0.2) is 5.76 Å². The van der Waals surface area contributed by atoms with Gasteiger partial charge in [0.25, 0.3) is 5.91 Å². The molecule has 42 heavy (non-hydrogen) atoms. The Balaban J connectivity index is 1.40. The van der Waals surface area contributed by atoms with E-state index in [1.807, 2.05) is 33.8 Å². The standard InChI is InChI=1S/C31H39N3O8/c1-20-31(29(38)39-5)18-21(16-26(35)32-10-12-33(13-11-32)28(37)23-9-7-15-41-23)27(36)34(19-22-8-6-14-40-22)24(31)17-25(42-20)30(2,3)4/h6-9,14-15,17,20-21,25H,10-13,16,18-19H2,1-5H3/t20-,21+,25-,31+/m1/s1. The quantitative estimate of drug-likeness (QED) is 0.476. The molecule has 11 nitrogen and oxygen atoms in total. The summed E-state index contributed by atoms with van der Waals surface area (Å²) >= 11 is 0. The molecule has 0 unspecified atom stereocenters. The molecular formula is C31H39N3O8. The molecular weight excluding hydrogens is 542 g/mol. The third kappa shape index (κ3) is 5.37. The number of fused-ring (bicyclic) bond motifs is 1. The van der Waals surface area contributed by atoms with Gasteiger partial charge in [0, 0.05) is 44.2 Å². The van der Waals surface area contributed by atoms with Crippen molar-refractivity contribution in [1.82, 2.24) is 14.7 Å². The van der Waals surface area contributed by atoms with Crippen LogP contribution in [0.4, 0.5) is 0 Å². The SMILES string of the molecule is COC(=O)[C@]12C[C@H](CC(=O)N3CCN(C(=O)c4ccco4)CC3)C(=O)N(Cc3ccco3)C1=C[C@H](C(C)(C)C)O[C@@H]2C. The highest BCUT2D eigenvalue weighted by atomic mass is 16.5. The Morgan fingerprint density at radius 1 is 1.02 bits per heavy atom. The van der Waals surface area contributed by atoms with Gasteiger partial charge < -0.3 is 33.0 Å². The number of methoxy groups -OCH3 is 1. The van der Waals surface area contributed by atoms with Crippen LogP contribution in [0.15, 0.2) is 57.4 Å². The molecule has 0 aliphatic carbocycles. The van der Waals surface area contributed by atoms with Crippen molar-refractivity contribution in [2.45, 2.75) is 59.3 Å². The summed E-state index contributed by atoms with van der Waals surface area (Å²) in [4.78, 5) is 58.9. The lowest BCUT2D eigenvalue weighted by molar-refractivity contribution is -0.181. The van der Waals surface area contributed by atoms with Crippen molar-refractivity contribution in [3.63, 3.8) is 0 Å². The lowest BCUT2D eigenvalue weighted by Gasteiger charge is -2.52. The Labute approximate surface area is 245 Å². The highest BCUT2D eigenvalue weighted by Crippen LogP contribution is 2.52. The van der Waals surface area contributed by atoms with E-state index in [-0.39, 0.29) is 54.4 Å².